The predicted molar refractivity (Wildman–Crippen MR) is 52.5 cm³/mol. The molecule has 1 saturated carbocycles. The van der Waals surface area contributed by atoms with Gasteiger partial charge in [0.15, 0.2) is 0 Å². The number of hydrogen-bond acceptors (Lipinski definition) is 1. The molecule has 1 aliphatic carbocycles. The van der Waals surface area contributed by atoms with E-state index in [4.69, 9.17) is 5.11 Å². The average Bonchev–Trinajstić information content (AvgIpc) is 2.08. The Morgan fingerprint density at radius 1 is 1.31 bits per heavy atom. The summed E-state index contributed by atoms with van der Waals surface area (Å²) >= 11 is 0. The fraction of sp³-hybridized carbons (Fsp3) is 0.727. The third-order valence-corrected chi connectivity index (χ3v) is 2.93. The van der Waals surface area contributed by atoms with E-state index in [-0.39, 0.29) is 0 Å². The second-order valence-electron chi connectivity index (χ2n) is 4.01. The molecule has 0 aromatic heterocycles. The largest absolute Gasteiger partial charge is 0.481 e. The average molecular weight is 182 g/mol. The van der Waals surface area contributed by atoms with Crippen LogP contribution in [0.3, 0.4) is 0 Å². The number of carboxylic acid groups (broad SMARTS) is 1. The van der Waals surface area contributed by atoms with Crippen LogP contribution >= 0.6 is 0 Å². The SMILES string of the molecule is C=CCC1CCC(CC(=O)O)CC1. The van der Waals surface area contributed by atoms with Crippen molar-refractivity contribution in [3.05, 3.63) is 12.7 Å². The first-order valence-electron chi connectivity index (χ1n) is 5.05. The zero-order chi connectivity index (χ0) is 9.68. The molecule has 1 rings (SSSR count). The summed E-state index contributed by atoms with van der Waals surface area (Å²) in [5.41, 5.74) is 0. The first-order valence-corrected chi connectivity index (χ1v) is 5.05. The van der Waals surface area contributed by atoms with Crippen molar-refractivity contribution < 1.29 is 9.90 Å². The van der Waals surface area contributed by atoms with E-state index >= 15 is 0 Å². The molecule has 0 aliphatic heterocycles. The molecule has 74 valence electrons. The Kier molecular flexibility index (Phi) is 4.00. The Bertz CT molecular complexity index is 179. The monoisotopic (exact) mass is 182 g/mol. The van der Waals surface area contributed by atoms with Crippen molar-refractivity contribution >= 4 is 5.97 Å². The molecule has 0 aromatic carbocycles. The first-order chi connectivity index (χ1) is 6.22. The third kappa shape index (κ3) is 3.62. The predicted octanol–water partition coefficient (Wildman–Crippen LogP) is 2.84. The molecule has 0 heterocycles. The summed E-state index contributed by atoms with van der Waals surface area (Å²) in [6, 6.07) is 0. The van der Waals surface area contributed by atoms with E-state index in [0.29, 0.717) is 12.3 Å². The lowest BCUT2D eigenvalue weighted by Crippen LogP contribution is -2.16. The van der Waals surface area contributed by atoms with Crippen LogP contribution in [0.5, 0.6) is 0 Å². The second kappa shape index (κ2) is 5.05. The van der Waals surface area contributed by atoms with E-state index < -0.39 is 5.97 Å². The van der Waals surface area contributed by atoms with Gasteiger partial charge in [-0.15, -0.1) is 6.58 Å². The van der Waals surface area contributed by atoms with Crippen molar-refractivity contribution in [1.82, 2.24) is 0 Å². The van der Waals surface area contributed by atoms with Crippen molar-refractivity contribution in [2.75, 3.05) is 0 Å². The Labute approximate surface area is 79.6 Å². The molecule has 1 aliphatic rings. The second-order valence-corrected chi connectivity index (χ2v) is 4.01. The first kappa shape index (κ1) is 10.3. The summed E-state index contributed by atoms with van der Waals surface area (Å²) < 4.78 is 0. The smallest absolute Gasteiger partial charge is 0.303 e. The topological polar surface area (TPSA) is 37.3 Å². The summed E-state index contributed by atoms with van der Waals surface area (Å²) in [4.78, 5) is 10.5. The lowest BCUT2D eigenvalue weighted by Gasteiger charge is -2.26. The number of allylic oxidation sites excluding steroid dienone is 1. The molecule has 0 amide bonds. The molecule has 13 heavy (non-hydrogen) atoms. The van der Waals surface area contributed by atoms with E-state index in [1.165, 1.54) is 12.8 Å². The minimum atomic E-state index is -0.646. The highest BCUT2D eigenvalue weighted by atomic mass is 16.4. The Morgan fingerprint density at radius 3 is 2.31 bits per heavy atom. The summed E-state index contributed by atoms with van der Waals surface area (Å²) in [6.45, 7) is 3.73. The van der Waals surface area contributed by atoms with Crippen molar-refractivity contribution in [1.29, 1.82) is 0 Å². The molecule has 0 aromatic rings. The fourth-order valence-electron chi connectivity index (χ4n) is 2.15. The Hall–Kier alpha value is -0.790. The summed E-state index contributed by atoms with van der Waals surface area (Å²) in [6.07, 6.45) is 7.98. The maximum Gasteiger partial charge on any atom is 0.303 e. The molecule has 0 bridgehead atoms. The van der Waals surface area contributed by atoms with Gasteiger partial charge in [0.1, 0.15) is 0 Å². The van der Waals surface area contributed by atoms with Gasteiger partial charge < -0.3 is 5.11 Å². The standard InChI is InChI=1S/C11H18O2/c1-2-3-9-4-6-10(7-5-9)8-11(12)13/h2,9-10H,1,3-8H2,(H,12,13). The maximum atomic E-state index is 10.5. The van der Waals surface area contributed by atoms with E-state index in [0.717, 1.165) is 25.2 Å². The van der Waals surface area contributed by atoms with Crippen LogP contribution in [0.1, 0.15) is 38.5 Å². The summed E-state index contributed by atoms with van der Waals surface area (Å²) in [5, 5.41) is 8.62. The van der Waals surface area contributed by atoms with Gasteiger partial charge in [0.2, 0.25) is 0 Å². The van der Waals surface area contributed by atoms with E-state index in [1.54, 1.807) is 0 Å². The van der Waals surface area contributed by atoms with Gasteiger partial charge in [-0.2, -0.15) is 0 Å². The van der Waals surface area contributed by atoms with Crippen LogP contribution in [0.25, 0.3) is 0 Å². The maximum absolute atomic E-state index is 10.5. The third-order valence-electron chi connectivity index (χ3n) is 2.93. The van der Waals surface area contributed by atoms with Crippen LogP contribution in [0, 0.1) is 11.8 Å². The van der Waals surface area contributed by atoms with Crippen molar-refractivity contribution in [3.63, 3.8) is 0 Å². The van der Waals surface area contributed by atoms with Gasteiger partial charge in [0.05, 0.1) is 0 Å². The summed E-state index contributed by atoms with van der Waals surface area (Å²) in [5.74, 6) is 0.549. The van der Waals surface area contributed by atoms with Crippen LogP contribution in [0.2, 0.25) is 0 Å². The fourth-order valence-corrected chi connectivity index (χ4v) is 2.15. The highest BCUT2D eigenvalue weighted by molar-refractivity contribution is 5.67. The Morgan fingerprint density at radius 2 is 1.85 bits per heavy atom. The highest BCUT2D eigenvalue weighted by Gasteiger charge is 2.21. The van der Waals surface area contributed by atoms with Gasteiger partial charge >= 0.3 is 5.97 Å². The van der Waals surface area contributed by atoms with Gasteiger partial charge in [0, 0.05) is 6.42 Å². The zero-order valence-electron chi connectivity index (χ0n) is 8.04. The van der Waals surface area contributed by atoms with Gasteiger partial charge in [0.25, 0.3) is 0 Å². The van der Waals surface area contributed by atoms with E-state index in [2.05, 4.69) is 6.58 Å². The zero-order valence-corrected chi connectivity index (χ0v) is 8.04. The number of hydrogen-bond donors (Lipinski definition) is 1. The van der Waals surface area contributed by atoms with Gasteiger partial charge in [-0.05, 0) is 43.9 Å². The van der Waals surface area contributed by atoms with Crippen LogP contribution in [-0.2, 0) is 4.79 Å². The number of rotatable bonds is 4. The molecule has 0 saturated heterocycles. The molecule has 1 N–H and O–H groups in total. The lowest BCUT2D eigenvalue weighted by atomic mass is 9.79. The lowest BCUT2D eigenvalue weighted by molar-refractivity contribution is -0.138. The quantitative estimate of drug-likeness (QED) is 0.679. The molecule has 2 heteroatoms. The minimum absolute atomic E-state index is 0.362. The molecule has 0 atom stereocenters. The molecule has 2 nitrogen and oxygen atoms in total. The number of carboxylic acids is 1. The van der Waals surface area contributed by atoms with Crippen LogP contribution in [0.15, 0.2) is 12.7 Å². The van der Waals surface area contributed by atoms with Crippen molar-refractivity contribution in [3.8, 4) is 0 Å². The highest BCUT2D eigenvalue weighted by Crippen LogP contribution is 2.32. The Balaban J connectivity index is 2.22. The molecular formula is C11H18O2. The van der Waals surface area contributed by atoms with Gasteiger partial charge in [-0.3, -0.25) is 4.79 Å². The molecule has 0 radical (unpaired) electrons. The van der Waals surface area contributed by atoms with Crippen LogP contribution in [0.4, 0.5) is 0 Å². The van der Waals surface area contributed by atoms with Gasteiger partial charge in [-0.25, -0.2) is 0 Å². The van der Waals surface area contributed by atoms with Crippen LogP contribution < -0.4 is 0 Å². The molecular weight excluding hydrogens is 164 g/mol. The number of aliphatic carboxylic acids is 1. The summed E-state index contributed by atoms with van der Waals surface area (Å²) in [7, 11) is 0. The van der Waals surface area contributed by atoms with E-state index in [9.17, 15) is 4.79 Å². The number of carbonyl (C=O) groups is 1. The van der Waals surface area contributed by atoms with E-state index in [1.807, 2.05) is 6.08 Å². The van der Waals surface area contributed by atoms with Crippen molar-refractivity contribution in [2.24, 2.45) is 11.8 Å². The minimum Gasteiger partial charge on any atom is -0.481 e. The normalized spacial score (nSPS) is 28.3. The molecule has 0 spiro atoms. The van der Waals surface area contributed by atoms with Gasteiger partial charge in [-0.1, -0.05) is 6.08 Å². The van der Waals surface area contributed by atoms with Crippen LogP contribution in [-0.4, -0.2) is 11.1 Å². The molecule has 0 unspecified atom stereocenters. The molecule has 1 fully saturated rings. The van der Waals surface area contributed by atoms with Crippen molar-refractivity contribution in [2.45, 2.75) is 38.5 Å².